The molecule has 0 saturated carbocycles. The standard InChI is InChI=1S/C14H12BrN3/c1-18(10-11-5-3-2-4-6-11)14-13(15)7-12(8-16)9-17-14/h2-7,9H,10H2,1H3. The molecule has 2 rings (SSSR count). The molecular weight excluding hydrogens is 290 g/mol. The molecule has 0 N–H and O–H groups in total. The van der Waals surface area contributed by atoms with Crippen molar-refractivity contribution < 1.29 is 0 Å². The zero-order chi connectivity index (χ0) is 13.0. The Bertz CT molecular complexity index is 575. The number of pyridine rings is 1. The third-order valence-electron chi connectivity index (χ3n) is 2.58. The van der Waals surface area contributed by atoms with Gasteiger partial charge in [-0.15, -0.1) is 0 Å². The van der Waals surface area contributed by atoms with Crippen molar-refractivity contribution in [2.24, 2.45) is 0 Å². The Kier molecular flexibility index (Phi) is 3.96. The van der Waals surface area contributed by atoms with Gasteiger partial charge in [-0.1, -0.05) is 30.3 Å². The lowest BCUT2D eigenvalue weighted by Gasteiger charge is -2.19. The van der Waals surface area contributed by atoms with Crippen LogP contribution in [-0.2, 0) is 6.54 Å². The largest absolute Gasteiger partial charge is 0.354 e. The van der Waals surface area contributed by atoms with Crippen molar-refractivity contribution >= 4 is 21.7 Å². The monoisotopic (exact) mass is 301 g/mol. The predicted octanol–water partition coefficient (Wildman–Crippen LogP) is 3.35. The lowest BCUT2D eigenvalue weighted by atomic mass is 10.2. The summed E-state index contributed by atoms with van der Waals surface area (Å²) in [5, 5.41) is 8.80. The fourth-order valence-electron chi connectivity index (χ4n) is 1.70. The zero-order valence-corrected chi connectivity index (χ0v) is 11.6. The van der Waals surface area contributed by atoms with Gasteiger partial charge in [0.05, 0.1) is 10.0 Å². The first kappa shape index (κ1) is 12.6. The molecule has 0 aliphatic rings. The summed E-state index contributed by atoms with van der Waals surface area (Å²) in [7, 11) is 1.98. The van der Waals surface area contributed by atoms with E-state index < -0.39 is 0 Å². The van der Waals surface area contributed by atoms with Crippen LogP contribution in [0.2, 0.25) is 0 Å². The molecule has 0 fully saturated rings. The molecule has 3 nitrogen and oxygen atoms in total. The first-order chi connectivity index (χ1) is 8.70. The van der Waals surface area contributed by atoms with Crippen LogP contribution in [0.3, 0.4) is 0 Å². The maximum absolute atomic E-state index is 8.80. The number of benzene rings is 1. The summed E-state index contributed by atoms with van der Waals surface area (Å²) < 4.78 is 0.833. The van der Waals surface area contributed by atoms with Crippen molar-refractivity contribution in [1.29, 1.82) is 5.26 Å². The average molecular weight is 302 g/mol. The van der Waals surface area contributed by atoms with Crippen LogP contribution in [0.4, 0.5) is 5.82 Å². The number of aromatic nitrogens is 1. The van der Waals surface area contributed by atoms with E-state index in [-0.39, 0.29) is 0 Å². The second-order valence-corrected chi connectivity index (χ2v) is 4.84. The van der Waals surface area contributed by atoms with Gasteiger partial charge in [-0.05, 0) is 27.6 Å². The zero-order valence-electron chi connectivity index (χ0n) is 9.97. The second-order valence-electron chi connectivity index (χ2n) is 3.98. The Morgan fingerprint density at radius 1 is 1.33 bits per heavy atom. The van der Waals surface area contributed by atoms with Crippen molar-refractivity contribution in [3.63, 3.8) is 0 Å². The third-order valence-corrected chi connectivity index (χ3v) is 3.16. The van der Waals surface area contributed by atoms with Gasteiger partial charge < -0.3 is 4.90 Å². The number of nitriles is 1. The molecule has 90 valence electrons. The molecule has 0 saturated heterocycles. The fraction of sp³-hybridized carbons (Fsp3) is 0.143. The van der Waals surface area contributed by atoms with Crippen LogP contribution in [-0.4, -0.2) is 12.0 Å². The molecule has 0 spiro atoms. The van der Waals surface area contributed by atoms with Crippen LogP contribution in [0.15, 0.2) is 47.1 Å². The van der Waals surface area contributed by atoms with Crippen LogP contribution in [0.25, 0.3) is 0 Å². The summed E-state index contributed by atoms with van der Waals surface area (Å²) in [4.78, 5) is 6.34. The van der Waals surface area contributed by atoms with Crippen LogP contribution >= 0.6 is 15.9 Å². The molecule has 1 heterocycles. The summed E-state index contributed by atoms with van der Waals surface area (Å²) in [6.07, 6.45) is 1.58. The third kappa shape index (κ3) is 2.88. The molecule has 18 heavy (non-hydrogen) atoms. The Balaban J connectivity index is 2.19. The maximum Gasteiger partial charge on any atom is 0.142 e. The van der Waals surface area contributed by atoms with E-state index >= 15 is 0 Å². The van der Waals surface area contributed by atoms with Gasteiger partial charge in [0.15, 0.2) is 0 Å². The molecule has 0 amide bonds. The number of halogens is 1. The van der Waals surface area contributed by atoms with Gasteiger partial charge in [-0.2, -0.15) is 5.26 Å². The Morgan fingerprint density at radius 3 is 2.67 bits per heavy atom. The Hall–Kier alpha value is -1.86. The summed E-state index contributed by atoms with van der Waals surface area (Å²) in [5.41, 5.74) is 1.77. The Labute approximate surface area is 115 Å². The van der Waals surface area contributed by atoms with Gasteiger partial charge in [0.2, 0.25) is 0 Å². The van der Waals surface area contributed by atoms with E-state index in [2.05, 4.69) is 39.1 Å². The van der Waals surface area contributed by atoms with Gasteiger partial charge in [0.25, 0.3) is 0 Å². The SMILES string of the molecule is CN(Cc1ccccc1)c1ncc(C#N)cc1Br. The highest BCUT2D eigenvalue weighted by Crippen LogP contribution is 2.24. The van der Waals surface area contributed by atoms with Crippen LogP contribution in [0, 0.1) is 11.3 Å². The molecule has 0 atom stereocenters. The predicted molar refractivity (Wildman–Crippen MR) is 75.2 cm³/mol. The number of hydrogen-bond donors (Lipinski definition) is 0. The highest BCUT2D eigenvalue weighted by atomic mass is 79.9. The quantitative estimate of drug-likeness (QED) is 0.873. The van der Waals surface area contributed by atoms with Gasteiger partial charge in [-0.3, -0.25) is 0 Å². The summed E-state index contributed by atoms with van der Waals surface area (Å²) in [6, 6.07) is 14.0. The normalized spacial score (nSPS) is 9.83. The van der Waals surface area contributed by atoms with E-state index in [9.17, 15) is 0 Å². The molecule has 0 bridgehead atoms. The molecule has 1 aromatic heterocycles. The smallest absolute Gasteiger partial charge is 0.142 e. The van der Waals surface area contributed by atoms with Crippen molar-refractivity contribution in [3.8, 4) is 6.07 Å². The number of hydrogen-bond acceptors (Lipinski definition) is 3. The van der Waals surface area contributed by atoms with Gasteiger partial charge in [-0.25, -0.2) is 4.98 Å². The van der Waals surface area contributed by atoms with E-state index in [1.165, 1.54) is 5.56 Å². The van der Waals surface area contributed by atoms with Crippen molar-refractivity contribution in [1.82, 2.24) is 4.98 Å². The average Bonchev–Trinajstić information content (AvgIpc) is 2.39. The minimum Gasteiger partial charge on any atom is -0.354 e. The van der Waals surface area contributed by atoms with Crippen LogP contribution < -0.4 is 4.90 Å². The highest BCUT2D eigenvalue weighted by molar-refractivity contribution is 9.10. The minimum atomic E-state index is 0.554. The summed E-state index contributed by atoms with van der Waals surface area (Å²) in [5.74, 6) is 0.831. The van der Waals surface area contributed by atoms with Crippen molar-refractivity contribution in [2.75, 3.05) is 11.9 Å². The number of rotatable bonds is 3. The first-order valence-corrected chi connectivity index (χ1v) is 6.30. The molecule has 0 radical (unpaired) electrons. The lowest BCUT2D eigenvalue weighted by Crippen LogP contribution is -2.18. The summed E-state index contributed by atoms with van der Waals surface area (Å²) in [6.45, 7) is 0.776. The van der Waals surface area contributed by atoms with Crippen LogP contribution in [0.5, 0.6) is 0 Å². The molecule has 0 aliphatic heterocycles. The number of anilines is 1. The highest BCUT2D eigenvalue weighted by Gasteiger charge is 2.08. The molecule has 0 unspecified atom stereocenters. The van der Waals surface area contributed by atoms with E-state index in [0.717, 1.165) is 16.8 Å². The van der Waals surface area contributed by atoms with E-state index in [4.69, 9.17) is 5.26 Å². The van der Waals surface area contributed by atoms with Gasteiger partial charge >= 0.3 is 0 Å². The Morgan fingerprint density at radius 2 is 2.06 bits per heavy atom. The molecule has 4 heteroatoms. The van der Waals surface area contributed by atoms with E-state index in [0.29, 0.717) is 5.56 Å². The van der Waals surface area contributed by atoms with E-state index in [1.807, 2.05) is 30.1 Å². The lowest BCUT2D eigenvalue weighted by molar-refractivity contribution is 0.893. The molecular formula is C14H12BrN3. The first-order valence-electron chi connectivity index (χ1n) is 5.51. The summed E-state index contributed by atoms with van der Waals surface area (Å²) >= 11 is 3.45. The molecule has 1 aromatic carbocycles. The van der Waals surface area contributed by atoms with E-state index in [1.54, 1.807) is 12.3 Å². The van der Waals surface area contributed by atoms with Crippen LogP contribution in [0.1, 0.15) is 11.1 Å². The van der Waals surface area contributed by atoms with Gasteiger partial charge in [0.1, 0.15) is 11.9 Å². The maximum atomic E-state index is 8.80. The molecule has 2 aromatic rings. The number of nitrogens with zero attached hydrogens (tertiary/aromatic N) is 3. The van der Waals surface area contributed by atoms with Crippen molar-refractivity contribution in [2.45, 2.75) is 6.54 Å². The minimum absolute atomic E-state index is 0.554. The van der Waals surface area contributed by atoms with Crippen molar-refractivity contribution in [3.05, 3.63) is 58.2 Å². The fourth-order valence-corrected chi connectivity index (χ4v) is 2.36. The molecule has 0 aliphatic carbocycles. The topological polar surface area (TPSA) is 39.9 Å². The van der Waals surface area contributed by atoms with Gasteiger partial charge in [0, 0.05) is 19.8 Å². The second kappa shape index (κ2) is 5.65.